The molecule has 1 amide bonds. The number of pyridine rings is 1. The Kier molecular flexibility index (Phi) is 6.32. The fraction of sp³-hybridized carbons (Fsp3) is 0.400. The molecule has 0 aromatic carbocycles. The smallest absolute Gasteiger partial charge is 0.412 e. The molecule has 32 heavy (non-hydrogen) atoms. The van der Waals surface area contributed by atoms with Crippen LogP contribution in [0, 0.1) is 5.82 Å². The first-order valence-corrected chi connectivity index (χ1v) is 10.0. The molecule has 11 nitrogen and oxygen atoms in total. The number of nitrogens with zero attached hydrogens (tertiary/aromatic N) is 5. The summed E-state index contributed by atoms with van der Waals surface area (Å²) >= 11 is 0. The number of methoxy groups -OCH3 is 1. The monoisotopic (exact) mass is 446 g/mol. The van der Waals surface area contributed by atoms with Gasteiger partial charge in [-0.1, -0.05) is 0 Å². The Morgan fingerprint density at radius 3 is 3.06 bits per heavy atom. The SMILES string of the molecule is COc1ncc(F)cc1[C@H]1CCCN1c1ccn2ncc(OC(=O)NCC(O)CO)c2n1. The van der Waals surface area contributed by atoms with Gasteiger partial charge < -0.3 is 29.9 Å². The maximum Gasteiger partial charge on any atom is 0.412 e. The van der Waals surface area contributed by atoms with Crippen molar-refractivity contribution in [2.75, 3.05) is 31.7 Å². The normalized spacial score (nSPS) is 16.9. The number of ether oxygens (including phenoxy) is 2. The molecule has 4 heterocycles. The van der Waals surface area contributed by atoms with Crippen molar-refractivity contribution in [3.63, 3.8) is 0 Å². The average Bonchev–Trinajstić information content (AvgIpc) is 3.44. The number of rotatable bonds is 7. The van der Waals surface area contributed by atoms with Crippen LogP contribution in [-0.4, -0.2) is 68.8 Å². The summed E-state index contributed by atoms with van der Waals surface area (Å²) < 4.78 is 25.9. The van der Waals surface area contributed by atoms with Gasteiger partial charge in [0.25, 0.3) is 0 Å². The standard InChI is InChI=1S/C20H23FN6O5/c1-31-19-14(7-12(21)8-22-19)15-3-2-5-26(15)17-4-6-27-18(25-17)16(10-24-27)32-20(30)23-9-13(29)11-28/h4,6-8,10,13,15,28-29H,2-3,5,9,11H2,1H3,(H,23,30)/t13?,15-/m1/s1. The second-order valence-corrected chi connectivity index (χ2v) is 7.27. The van der Waals surface area contributed by atoms with Gasteiger partial charge in [0.15, 0.2) is 5.75 Å². The zero-order chi connectivity index (χ0) is 22.7. The Labute approximate surface area is 182 Å². The van der Waals surface area contributed by atoms with Crippen molar-refractivity contribution in [2.45, 2.75) is 25.0 Å². The third kappa shape index (κ3) is 4.41. The summed E-state index contributed by atoms with van der Waals surface area (Å²) in [6.45, 7) is 0.0497. The number of carbonyl (C=O) groups excluding carboxylic acids is 1. The van der Waals surface area contributed by atoms with Gasteiger partial charge in [0.05, 0.1) is 38.3 Å². The Hall–Kier alpha value is -3.51. The molecule has 1 aliphatic heterocycles. The molecule has 170 valence electrons. The minimum Gasteiger partial charge on any atom is -0.481 e. The molecule has 12 heteroatoms. The molecule has 2 atom stereocenters. The summed E-state index contributed by atoms with van der Waals surface area (Å²) in [5.41, 5.74) is 0.953. The van der Waals surface area contributed by atoms with Crippen molar-refractivity contribution in [1.29, 1.82) is 0 Å². The first-order valence-electron chi connectivity index (χ1n) is 10.0. The second-order valence-electron chi connectivity index (χ2n) is 7.27. The van der Waals surface area contributed by atoms with E-state index in [4.69, 9.17) is 14.6 Å². The van der Waals surface area contributed by atoms with E-state index in [1.54, 1.807) is 12.3 Å². The molecule has 1 unspecified atom stereocenters. The van der Waals surface area contributed by atoms with E-state index in [1.165, 1.54) is 23.9 Å². The lowest BCUT2D eigenvalue weighted by atomic mass is 10.1. The van der Waals surface area contributed by atoms with Crippen LogP contribution in [0.1, 0.15) is 24.4 Å². The zero-order valence-electron chi connectivity index (χ0n) is 17.3. The molecular weight excluding hydrogens is 423 g/mol. The highest BCUT2D eigenvalue weighted by molar-refractivity contribution is 5.73. The highest BCUT2D eigenvalue weighted by Gasteiger charge is 2.31. The van der Waals surface area contributed by atoms with Crippen LogP contribution in [0.2, 0.25) is 0 Å². The summed E-state index contributed by atoms with van der Waals surface area (Å²) in [7, 11) is 1.49. The van der Waals surface area contributed by atoms with Crippen molar-refractivity contribution in [3.8, 4) is 11.6 Å². The number of fused-ring (bicyclic) bond motifs is 1. The number of hydrogen-bond donors (Lipinski definition) is 3. The van der Waals surface area contributed by atoms with Gasteiger partial charge in [0.1, 0.15) is 11.6 Å². The maximum absolute atomic E-state index is 13.9. The van der Waals surface area contributed by atoms with Gasteiger partial charge in [-0.3, -0.25) is 0 Å². The molecule has 1 aliphatic rings. The van der Waals surface area contributed by atoms with Gasteiger partial charge in [0.2, 0.25) is 11.5 Å². The first kappa shape index (κ1) is 21.7. The fourth-order valence-corrected chi connectivity index (χ4v) is 3.69. The molecule has 4 rings (SSSR count). The van der Waals surface area contributed by atoms with Crippen LogP contribution in [-0.2, 0) is 0 Å². The number of hydrogen-bond acceptors (Lipinski definition) is 9. The number of anilines is 1. The molecule has 3 aromatic heterocycles. The van der Waals surface area contributed by atoms with E-state index in [0.717, 1.165) is 19.0 Å². The van der Waals surface area contributed by atoms with Gasteiger partial charge in [0, 0.05) is 24.8 Å². The summed E-state index contributed by atoms with van der Waals surface area (Å²) in [4.78, 5) is 22.7. The first-order chi connectivity index (χ1) is 15.5. The molecule has 0 aliphatic carbocycles. The van der Waals surface area contributed by atoms with Gasteiger partial charge in [-0.05, 0) is 25.0 Å². The topological polar surface area (TPSA) is 134 Å². The van der Waals surface area contributed by atoms with Gasteiger partial charge in [-0.25, -0.2) is 23.7 Å². The largest absolute Gasteiger partial charge is 0.481 e. The van der Waals surface area contributed by atoms with Crippen LogP contribution in [0.4, 0.5) is 15.0 Å². The van der Waals surface area contributed by atoms with Crippen LogP contribution in [0.25, 0.3) is 5.65 Å². The van der Waals surface area contributed by atoms with Crippen molar-refractivity contribution >= 4 is 17.6 Å². The van der Waals surface area contributed by atoms with E-state index in [2.05, 4.69) is 20.4 Å². The molecule has 0 spiro atoms. The molecule has 0 radical (unpaired) electrons. The Bertz CT molecular complexity index is 1110. The number of amides is 1. The molecule has 0 saturated carbocycles. The van der Waals surface area contributed by atoms with E-state index < -0.39 is 24.6 Å². The van der Waals surface area contributed by atoms with Crippen LogP contribution in [0.5, 0.6) is 11.6 Å². The number of nitrogens with one attached hydrogen (secondary N) is 1. The van der Waals surface area contributed by atoms with Gasteiger partial charge in [-0.15, -0.1) is 0 Å². The quantitative estimate of drug-likeness (QED) is 0.487. The minimum absolute atomic E-state index is 0.128. The van der Waals surface area contributed by atoms with E-state index in [0.29, 0.717) is 29.5 Å². The van der Waals surface area contributed by atoms with Crippen molar-refractivity contribution in [2.24, 2.45) is 0 Å². The van der Waals surface area contributed by atoms with Gasteiger partial charge >= 0.3 is 6.09 Å². The molecule has 1 fully saturated rings. The molecular formula is C20H23FN6O5. The Morgan fingerprint density at radius 1 is 1.44 bits per heavy atom. The van der Waals surface area contributed by atoms with Gasteiger partial charge in [-0.2, -0.15) is 5.10 Å². The summed E-state index contributed by atoms with van der Waals surface area (Å²) in [6, 6.07) is 3.02. The lowest BCUT2D eigenvalue weighted by molar-refractivity contribution is 0.0937. The van der Waals surface area contributed by atoms with Crippen LogP contribution >= 0.6 is 0 Å². The fourth-order valence-electron chi connectivity index (χ4n) is 3.69. The van der Waals surface area contributed by atoms with E-state index >= 15 is 0 Å². The molecule has 1 saturated heterocycles. The average molecular weight is 446 g/mol. The third-order valence-corrected chi connectivity index (χ3v) is 5.16. The summed E-state index contributed by atoms with van der Waals surface area (Å²) in [6.07, 6.45) is 3.91. The lowest BCUT2D eigenvalue weighted by Gasteiger charge is -2.26. The second kappa shape index (κ2) is 9.32. The van der Waals surface area contributed by atoms with Crippen molar-refractivity contribution in [1.82, 2.24) is 24.9 Å². The van der Waals surface area contributed by atoms with E-state index in [9.17, 15) is 14.3 Å². The molecule has 3 N–H and O–H groups in total. The number of carbonyl (C=O) groups is 1. The van der Waals surface area contributed by atoms with E-state index in [-0.39, 0.29) is 18.3 Å². The molecule has 3 aromatic rings. The number of aromatic nitrogens is 4. The van der Waals surface area contributed by atoms with Crippen molar-refractivity contribution in [3.05, 3.63) is 42.1 Å². The highest BCUT2D eigenvalue weighted by Crippen LogP contribution is 2.39. The minimum atomic E-state index is -1.09. The summed E-state index contributed by atoms with van der Waals surface area (Å²) in [5.74, 6) is 0.649. The number of aliphatic hydroxyl groups is 2. The lowest BCUT2D eigenvalue weighted by Crippen LogP contribution is -2.35. The predicted octanol–water partition coefficient (Wildman–Crippen LogP) is 1.06. The molecule has 0 bridgehead atoms. The number of aliphatic hydroxyl groups excluding tert-OH is 2. The predicted molar refractivity (Wildman–Crippen MR) is 110 cm³/mol. The Morgan fingerprint density at radius 2 is 2.28 bits per heavy atom. The highest BCUT2D eigenvalue weighted by atomic mass is 19.1. The number of halogens is 1. The van der Waals surface area contributed by atoms with E-state index in [1.807, 2.05) is 4.90 Å². The summed E-state index contributed by atoms with van der Waals surface area (Å²) in [5, 5.41) is 24.7. The maximum atomic E-state index is 13.9. The van der Waals surface area contributed by atoms with Crippen LogP contribution in [0.3, 0.4) is 0 Å². The Balaban J connectivity index is 1.59. The van der Waals surface area contributed by atoms with Crippen molar-refractivity contribution < 1.29 is 28.9 Å². The van der Waals surface area contributed by atoms with Crippen LogP contribution < -0.4 is 19.7 Å². The van der Waals surface area contributed by atoms with Crippen LogP contribution in [0.15, 0.2) is 30.7 Å². The zero-order valence-corrected chi connectivity index (χ0v) is 17.3. The third-order valence-electron chi connectivity index (χ3n) is 5.16.